The van der Waals surface area contributed by atoms with Gasteiger partial charge in [-0.25, -0.2) is 4.98 Å². The van der Waals surface area contributed by atoms with Crippen LogP contribution in [0, 0.1) is 0 Å². The largest absolute Gasteiger partial charge is 0.380 e. The van der Waals surface area contributed by atoms with E-state index in [0.717, 1.165) is 29.2 Å². The van der Waals surface area contributed by atoms with Crippen LogP contribution in [0.3, 0.4) is 0 Å². The molecular weight excluding hydrogens is 284 g/mol. The topological polar surface area (TPSA) is 49.8 Å². The highest BCUT2D eigenvalue weighted by Crippen LogP contribution is 2.29. The number of nitrogens with one attached hydrogen (secondary N) is 2. The first kappa shape index (κ1) is 15.8. The summed E-state index contributed by atoms with van der Waals surface area (Å²) < 4.78 is 0. The van der Waals surface area contributed by atoms with Crippen LogP contribution in [0.2, 0.25) is 0 Å². The van der Waals surface area contributed by atoms with Gasteiger partial charge in [-0.05, 0) is 50.5 Å². The molecule has 0 spiro atoms. The second-order valence-corrected chi connectivity index (χ2v) is 6.41. The predicted molar refractivity (Wildman–Crippen MR) is 96.7 cm³/mol. The van der Waals surface area contributed by atoms with Crippen LogP contribution in [0.15, 0.2) is 36.7 Å². The third-order valence-corrected chi connectivity index (χ3v) is 4.56. The van der Waals surface area contributed by atoms with Crippen LogP contribution >= 0.6 is 0 Å². The van der Waals surface area contributed by atoms with E-state index in [4.69, 9.17) is 4.98 Å². The van der Waals surface area contributed by atoms with Crippen LogP contribution in [0.1, 0.15) is 46.0 Å². The van der Waals surface area contributed by atoms with Gasteiger partial charge in [0, 0.05) is 30.0 Å². The summed E-state index contributed by atoms with van der Waals surface area (Å²) in [5, 5.41) is 7.23. The Bertz CT molecular complexity index is 621. The van der Waals surface area contributed by atoms with Gasteiger partial charge in [0.05, 0.1) is 11.4 Å². The van der Waals surface area contributed by atoms with Gasteiger partial charge in [0.25, 0.3) is 0 Å². The van der Waals surface area contributed by atoms with E-state index in [-0.39, 0.29) is 0 Å². The van der Waals surface area contributed by atoms with Crippen molar-refractivity contribution in [3.63, 3.8) is 0 Å². The molecule has 122 valence electrons. The first-order chi connectivity index (χ1) is 11.3. The summed E-state index contributed by atoms with van der Waals surface area (Å²) in [5.41, 5.74) is 3.12. The molecule has 2 aromatic rings. The maximum atomic E-state index is 4.88. The lowest BCUT2D eigenvalue weighted by Gasteiger charge is -2.20. The molecule has 0 saturated heterocycles. The second kappa shape index (κ2) is 7.44. The molecule has 1 saturated carbocycles. The zero-order valence-corrected chi connectivity index (χ0v) is 14.0. The first-order valence-electron chi connectivity index (χ1n) is 8.70. The Morgan fingerprint density at radius 1 is 1.22 bits per heavy atom. The molecule has 4 nitrogen and oxygen atoms in total. The van der Waals surface area contributed by atoms with E-state index >= 15 is 0 Å². The lowest BCUT2D eigenvalue weighted by Crippen LogP contribution is -2.20. The SMILES string of the molecule is CCC(C)Nc1ccc(-c2cccnc2)nc1NC1CCCC1. The molecule has 1 atom stereocenters. The van der Waals surface area contributed by atoms with Crippen LogP contribution < -0.4 is 10.6 Å². The summed E-state index contributed by atoms with van der Waals surface area (Å²) in [7, 11) is 0. The fourth-order valence-electron chi connectivity index (χ4n) is 2.99. The number of nitrogens with zero attached hydrogens (tertiary/aromatic N) is 2. The number of pyridine rings is 2. The van der Waals surface area contributed by atoms with E-state index < -0.39 is 0 Å². The van der Waals surface area contributed by atoms with E-state index in [1.165, 1.54) is 25.7 Å². The smallest absolute Gasteiger partial charge is 0.150 e. The lowest BCUT2D eigenvalue weighted by molar-refractivity contribution is 0.744. The Morgan fingerprint density at radius 3 is 2.74 bits per heavy atom. The van der Waals surface area contributed by atoms with Gasteiger partial charge in [-0.2, -0.15) is 0 Å². The second-order valence-electron chi connectivity index (χ2n) is 6.41. The van der Waals surface area contributed by atoms with E-state index in [0.29, 0.717) is 12.1 Å². The van der Waals surface area contributed by atoms with Crippen molar-refractivity contribution < 1.29 is 0 Å². The van der Waals surface area contributed by atoms with Crippen LogP contribution in [0.25, 0.3) is 11.3 Å². The number of rotatable bonds is 6. The van der Waals surface area contributed by atoms with Gasteiger partial charge >= 0.3 is 0 Å². The monoisotopic (exact) mass is 310 g/mol. The molecule has 0 aromatic carbocycles. The van der Waals surface area contributed by atoms with Crippen molar-refractivity contribution in [2.75, 3.05) is 10.6 Å². The lowest BCUT2D eigenvalue weighted by atomic mass is 10.1. The number of hydrogen-bond acceptors (Lipinski definition) is 4. The summed E-state index contributed by atoms with van der Waals surface area (Å²) >= 11 is 0. The summed E-state index contributed by atoms with van der Waals surface area (Å²) in [6.07, 6.45) is 9.85. The first-order valence-corrected chi connectivity index (χ1v) is 8.70. The van der Waals surface area contributed by atoms with E-state index in [9.17, 15) is 0 Å². The van der Waals surface area contributed by atoms with Crippen LogP contribution in [0.5, 0.6) is 0 Å². The maximum absolute atomic E-state index is 4.88. The average molecular weight is 310 g/mol. The van der Waals surface area contributed by atoms with Crippen molar-refractivity contribution in [3.05, 3.63) is 36.7 Å². The number of anilines is 2. The van der Waals surface area contributed by atoms with Gasteiger partial charge in [0.2, 0.25) is 0 Å². The van der Waals surface area contributed by atoms with E-state index in [2.05, 4.69) is 47.7 Å². The Hall–Kier alpha value is -2.10. The van der Waals surface area contributed by atoms with Crippen LogP contribution in [-0.4, -0.2) is 22.1 Å². The molecule has 2 aromatic heterocycles. The number of aromatic nitrogens is 2. The Kier molecular flexibility index (Phi) is 5.11. The zero-order chi connectivity index (χ0) is 16.1. The molecule has 2 heterocycles. The molecule has 4 heteroatoms. The molecule has 0 bridgehead atoms. The molecule has 2 N–H and O–H groups in total. The van der Waals surface area contributed by atoms with Gasteiger partial charge in [-0.15, -0.1) is 0 Å². The summed E-state index contributed by atoms with van der Waals surface area (Å²) in [6.45, 7) is 4.40. The standard InChI is InChI=1S/C19H26N4/c1-3-14(2)21-18-11-10-17(15-7-6-12-20-13-15)23-19(18)22-16-8-4-5-9-16/h6-7,10-14,16,21H,3-5,8-9H2,1-2H3,(H,22,23). The molecule has 0 amide bonds. The van der Waals surface area contributed by atoms with E-state index in [1.807, 2.05) is 12.3 Å². The van der Waals surface area contributed by atoms with Crippen molar-refractivity contribution in [1.82, 2.24) is 9.97 Å². The Morgan fingerprint density at radius 2 is 2.04 bits per heavy atom. The van der Waals surface area contributed by atoms with Gasteiger partial charge in [-0.1, -0.05) is 19.8 Å². The van der Waals surface area contributed by atoms with Crippen molar-refractivity contribution >= 4 is 11.5 Å². The van der Waals surface area contributed by atoms with Crippen LogP contribution in [0.4, 0.5) is 11.5 Å². The Balaban J connectivity index is 1.89. The van der Waals surface area contributed by atoms with Gasteiger partial charge < -0.3 is 10.6 Å². The van der Waals surface area contributed by atoms with E-state index in [1.54, 1.807) is 6.20 Å². The predicted octanol–water partition coefficient (Wildman–Crippen LogP) is 4.71. The molecule has 0 radical (unpaired) electrons. The summed E-state index contributed by atoms with van der Waals surface area (Å²) in [5.74, 6) is 0.971. The van der Waals surface area contributed by atoms with Crippen molar-refractivity contribution in [2.45, 2.75) is 58.0 Å². The third-order valence-electron chi connectivity index (χ3n) is 4.56. The normalized spacial score (nSPS) is 16.3. The molecule has 1 aliphatic carbocycles. The highest BCUT2D eigenvalue weighted by molar-refractivity contribution is 5.71. The molecule has 1 unspecified atom stereocenters. The van der Waals surface area contributed by atoms with Crippen LogP contribution in [-0.2, 0) is 0 Å². The third kappa shape index (κ3) is 4.01. The highest BCUT2D eigenvalue weighted by Gasteiger charge is 2.18. The number of hydrogen-bond donors (Lipinski definition) is 2. The fourth-order valence-corrected chi connectivity index (χ4v) is 2.99. The minimum Gasteiger partial charge on any atom is -0.380 e. The molecule has 3 rings (SSSR count). The van der Waals surface area contributed by atoms with Crippen molar-refractivity contribution in [1.29, 1.82) is 0 Å². The maximum Gasteiger partial charge on any atom is 0.150 e. The molecule has 1 aliphatic rings. The minimum atomic E-state index is 0.435. The summed E-state index contributed by atoms with van der Waals surface area (Å²) in [4.78, 5) is 9.08. The van der Waals surface area contributed by atoms with Gasteiger partial charge in [0.15, 0.2) is 0 Å². The van der Waals surface area contributed by atoms with Gasteiger partial charge in [0.1, 0.15) is 5.82 Å². The summed E-state index contributed by atoms with van der Waals surface area (Å²) in [6, 6.07) is 9.19. The van der Waals surface area contributed by atoms with Crippen molar-refractivity contribution in [2.24, 2.45) is 0 Å². The van der Waals surface area contributed by atoms with Crippen molar-refractivity contribution in [3.8, 4) is 11.3 Å². The Labute approximate surface area is 138 Å². The zero-order valence-electron chi connectivity index (χ0n) is 14.0. The molecule has 1 fully saturated rings. The van der Waals surface area contributed by atoms with Gasteiger partial charge in [-0.3, -0.25) is 4.98 Å². The molecule has 23 heavy (non-hydrogen) atoms. The molecule has 0 aliphatic heterocycles. The highest BCUT2D eigenvalue weighted by atomic mass is 15.1. The fraction of sp³-hybridized carbons (Fsp3) is 0.474. The quantitative estimate of drug-likeness (QED) is 0.811. The minimum absolute atomic E-state index is 0.435. The molecular formula is C19H26N4. The average Bonchev–Trinajstić information content (AvgIpc) is 3.10.